The van der Waals surface area contributed by atoms with Gasteiger partial charge in [0.05, 0.1) is 6.33 Å². The number of rotatable bonds is 7. The second-order valence-corrected chi connectivity index (χ2v) is 8.82. The van der Waals surface area contributed by atoms with Gasteiger partial charge in [0.25, 0.3) is 10.0 Å². The van der Waals surface area contributed by atoms with Crippen LogP contribution < -0.4 is 10.0 Å². The van der Waals surface area contributed by atoms with E-state index in [-0.39, 0.29) is 11.1 Å². The molecule has 0 atom stereocenters. The molecule has 0 bridgehead atoms. The summed E-state index contributed by atoms with van der Waals surface area (Å²) in [5, 5.41) is 3.19. The molecule has 0 saturated carbocycles. The van der Waals surface area contributed by atoms with Crippen LogP contribution in [0.3, 0.4) is 0 Å². The number of benzene rings is 1. The molecule has 3 heterocycles. The van der Waals surface area contributed by atoms with E-state index in [0.717, 1.165) is 5.69 Å². The molecule has 160 valence electrons. The summed E-state index contributed by atoms with van der Waals surface area (Å²) in [4.78, 5) is 16.8. The molecule has 4 aromatic rings. The van der Waals surface area contributed by atoms with Crippen LogP contribution in [0, 0.1) is 6.92 Å². The summed E-state index contributed by atoms with van der Waals surface area (Å²) in [6.07, 6.45) is 8.16. The van der Waals surface area contributed by atoms with E-state index in [1.807, 2.05) is 20.8 Å². The predicted octanol–water partition coefficient (Wildman–Crippen LogP) is 3.29. The highest BCUT2D eigenvalue weighted by molar-refractivity contribution is 7.92. The zero-order valence-corrected chi connectivity index (χ0v) is 18.1. The van der Waals surface area contributed by atoms with Crippen molar-refractivity contribution in [2.45, 2.75) is 31.8 Å². The van der Waals surface area contributed by atoms with Gasteiger partial charge in [0.2, 0.25) is 0 Å². The summed E-state index contributed by atoms with van der Waals surface area (Å²) in [6.45, 7) is 5.72. The average Bonchev–Trinajstić information content (AvgIpc) is 3.42. The first-order valence-electron chi connectivity index (χ1n) is 9.57. The summed E-state index contributed by atoms with van der Waals surface area (Å²) < 4.78 is 31.2. The standard InChI is InChI=1S/C20H22N8O2S/c1-14(2)28-11-20(22-13-28)31(29,30)26-17-6-4-16(5-7-17)25-18-10-19(24-15(3)23-18)27-9-8-21-12-27/h4-14,26H,1-3H3,(H,23,24,25). The number of nitrogens with zero attached hydrogens (tertiary/aromatic N) is 6. The predicted molar refractivity (Wildman–Crippen MR) is 117 cm³/mol. The van der Waals surface area contributed by atoms with E-state index in [0.29, 0.717) is 23.1 Å². The van der Waals surface area contributed by atoms with Crippen molar-refractivity contribution in [2.75, 3.05) is 10.0 Å². The largest absolute Gasteiger partial charge is 0.340 e. The summed E-state index contributed by atoms with van der Waals surface area (Å²) in [6, 6.07) is 8.80. The Morgan fingerprint density at radius 3 is 2.42 bits per heavy atom. The molecule has 3 aromatic heterocycles. The molecular formula is C20H22N8O2S. The maximum Gasteiger partial charge on any atom is 0.280 e. The van der Waals surface area contributed by atoms with Gasteiger partial charge < -0.3 is 9.88 Å². The second kappa shape index (κ2) is 8.19. The minimum absolute atomic E-state index is 0.0214. The Morgan fingerprint density at radius 2 is 1.77 bits per heavy atom. The third-order valence-electron chi connectivity index (χ3n) is 4.45. The van der Waals surface area contributed by atoms with Crippen LogP contribution in [0.2, 0.25) is 0 Å². The van der Waals surface area contributed by atoms with Gasteiger partial charge in [-0.3, -0.25) is 9.29 Å². The SMILES string of the molecule is Cc1nc(Nc2ccc(NS(=O)(=O)c3cn(C(C)C)cn3)cc2)cc(-n2ccnc2)n1. The van der Waals surface area contributed by atoms with Gasteiger partial charge >= 0.3 is 0 Å². The van der Waals surface area contributed by atoms with Crippen LogP contribution in [0.25, 0.3) is 5.82 Å². The first-order valence-corrected chi connectivity index (χ1v) is 11.1. The van der Waals surface area contributed by atoms with Gasteiger partial charge in [-0.25, -0.2) is 19.9 Å². The van der Waals surface area contributed by atoms with Crippen molar-refractivity contribution in [3.8, 4) is 5.82 Å². The summed E-state index contributed by atoms with van der Waals surface area (Å²) in [5.74, 6) is 1.92. The van der Waals surface area contributed by atoms with Crippen molar-refractivity contribution >= 4 is 27.2 Å². The van der Waals surface area contributed by atoms with Crippen molar-refractivity contribution in [2.24, 2.45) is 0 Å². The Morgan fingerprint density at radius 1 is 1.03 bits per heavy atom. The van der Waals surface area contributed by atoms with E-state index in [2.05, 4.69) is 30.0 Å². The number of anilines is 3. The van der Waals surface area contributed by atoms with Crippen molar-refractivity contribution < 1.29 is 8.42 Å². The molecule has 31 heavy (non-hydrogen) atoms. The minimum Gasteiger partial charge on any atom is -0.340 e. The van der Waals surface area contributed by atoms with Gasteiger partial charge in [-0.15, -0.1) is 0 Å². The number of nitrogens with one attached hydrogen (secondary N) is 2. The summed E-state index contributed by atoms with van der Waals surface area (Å²) in [5.41, 5.74) is 1.18. The number of hydrogen-bond acceptors (Lipinski definition) is 7. The molecule has 10 nitrogen and oxygen atoms in total. The minimum atomic E-state index is -3.77. The smallest absolute Gasteiger partial charge is 0.280 e. The van der Waals surface area contributed by atoms with E-state index in [1.165, 1.54) is 12.5 Å². The molecule has 4 rings (SSSR count). The molecule has 0 aliphatic carbocycles. The molecule has 1 aromatic carbocycles. The lowest BCUT2D eigenvalue weighted by Crippen LogP contribution is -2.13. The molecule has 0 spiro atoms. The van der Waals surface area contributed by atoms with Gasteiger partial charge in [-0.05, 0) is 45.0 Å². The quantitative estimate of drug-likeness (QED) is 0.454. The molecule has 0 aliphatic heterocycles. The topological polar surface area (TPSA) is 120 Å². The maximum atomic E-state index is 12.6. The Balaban J connectivity index is 1.48. The fourth-order valence-electron chi connectivity index (χ4n) is 2.86. The van der Waals surface area contributed by atoms with Crippen molar-refractivity contribution in [3.05, 3.63) is 67.4 Å². The van der Waals surface area contributed by atoms with Crippen LogP contribution in [-0.4, -0.2) is 37.5 Å². The third kappa shape index (κ3) is 4.72. The fraction of sp³-hybridized carbons (Fsp3) is 0.200. The summed E-state index contributed by atoms with van der Waals surface area (Å²) >= 11 is 0. The molecule has 11 heteroatoms. The van der Waals surface area contributed by atoms with Crippen molar-refractivity contribution in [1.29, 1.82) is 0 Å². The molecule has 0 radical (unpaired) electrons. The highest BCUT2D eigenvalue weighted by atomic mass is 32.2. The Hall–Kier alpha value is -3.73. The van der Waals surface area contributed by atoms with Gasteiger partial charge in [-0.1, -0.05) is 0 Å². The second-order valence-electron chi connectivity index (χ2n) is 7.19. The molecular weight excluding hydrogens is 416 g/mol. The first kappa shape index (κ1) is 20.5. The van der Waals surface area contributed by atoms with Crippen LogP contribution in [0.1, 0.15) is 25.7 Å². The molecule has 2 N–H and O–H groups in total. The van der Waals surface area contributed by atoms with Crippen LogP contribution >= 0.6 is 0 Å². The fourth-order valence-corrected chi connectivity index (χ4v) is 3.86. The van der Waals surface area contributed by atoms with Crippen molar-refractivity contribution in [1.82, 2.24) is 29.1 Å². The van der Waals surface area contributed by atoms with Crippen LogP contribution in [0.15, 0.2) is 66.6 Å². The summed E-state index contributed by atoms with van der Waals surface area (Å²) in [7, 11) is -3.77. The van der Waals surface area contributed by atoms with Crippen LogP contribution in [-0.2, 0) is 10.0 Å². The molecule has 0 saturated heterocycles. The maximum absolute atomic E-state index is 12.6. The van der Waals surface area contributed by atoms with E-state index >= 15 is 0 Å². The zero-order chi connectivity index (χ0) is 22.0. The van der Waals surface area contributed by atoms with Gasteiger partial charge in [0, 0.05) is 42.1 Å². The Bertz CT molecular complexity index is 1280. The van der Waals surface area contributed by atoms with Gasteiger partial charge in [-0.2, -0.15) is 8.42 Å². The average molecular weight is 439 g/mol. The first-order chi connectivity index (χ1) is 14.8. The number of aromatic nitrogens is 6. The molecule has 0 amide bonds. The Labute approximate surface area is 180 Å². The lowest BCUT2D eigenvalue weighted by Gasteiger charge is -2.10. The monoisotopic (exact) mass is 438 g/mol. The lowest BCUT2D eigenvalue weighted by atomic mass is 10.3. The number of sulfonamides is 1. The number of imidazole rings is 2. The molecule has 0 fully saturated rings. The van der Waals surface area contributed by atoms with Crippen molar-refractivity contribution in [3.63, 3.8) is 0 Å². The highest BCUT2D eigenvalue weighted by Crippen LogP contribution is 2.21. The van der Waals surface area contributed by atoms with Gasteiger partial charge in [0.1, 0.15) is 23.8 Å². The van der Waals surface area contributed by atoms with Crippen LogP contribution in [0.5, 0.6) is 0 Å². The molecule has 0 aliphatic rings. The van der Waals surface area contributed by atoms with Gasteiger partial charge in [0.15, 0.2) is 5.03 Å². The zero-order valence-electron chi connectivity index (χ0n) is 17.3. The number of aryl methyl sites for hydroxylation is 1. The molecule has 0 unspecified atom stereocenters. The Kier molecular flexibility index (Phi) is 5.42. The lowest BCUT2D eigenvalue weighted by molar-refractivity contribution is 0.591. The van der Waals surface area contributed by atoms with E-state index in [9.17, 15) is 8.42 Å². The normalized spacial score (nSPS) is 11.6. The van der Waals surface area contributed by atoms with E-state index in [1.54, 1.807) is 58.2 Å². The van der Waals surface area contributed by atoms with E-state index in [4.69, 9.17) is 0 Å². The van der Waals surface area contributed by atoms with Crippen LogP contribution in [0.4, 0.5) is 17.2 Å². The number of hydrogen-bond donors (Lipinski definition) is 2. The third-order valence-corrected chi connectivity index (χ3v) is 5.72. The highest BCUT2D eigenvalue weighted by Gasteiger charge is 2.18. The van der Waals surface area contributed by atoms with E-state index < -0.39 is 10.0 Å².